The maximum Gasteiger partial charge on any atom is 0.251 e. The second-order valence-corrected chi connectivity index (χ2v) is 9.96. The molecule has 1 aliphatic carbocycles. The lowest BCUT2D eigenvalue weighted by Crippen LogP contribution is -2.25. The molecule has 2 aromatic carbocycles. The lowest BCUT2D eigenvalue weighted by atomic mass is 10.1. The van der Waals surface area contributed by atoms with E-state index in [1.54, 1.807) is 11.8 Å². The minimum atomic E-state index is -0.000567. The van der Waals surface area contributed by atoms with E-state index < -0.39 is 0 Å². The van der Waals surface area contributed by atoms with Gasteiger partial charge in [0.15, 0.2) is 5.65 Å². The molecule has 6 nitrogen and oxygen atoms in total. The standard InChI is InChI=1S/C24H22N4OS.C4H8O/c1-2-30-24-22-25-14-21(28(22)15-20(27-24)16-6-4-3-5-7-16)17-8-10-18(11-9-17)23(29)26-19-12-13-19;1-2-4-5-3-1/h3-11,14-15,19H,2,12-13H2,1H3,(H,26,29);1-4H2. The van der Waals surface area contributed by atoms with Gasteiger partial charge in [0.05, 0.1) is 17.6 Å². The molecular weight excluding hydrogens is 456 g/mol. The molecule has 0 spiro atoms. The van der Waals surface area contributed by atoms with Crippen LogP contribution < -0.4 is 5.32 Å². The fourth-order valence-corrected chi connectivity index (χ4v) is 4.67. The van der Waals surface area contributed by atoms with Crippen LogP contribution in [0.3, 0.4) is 0 Å². The zero-order valence-corrected chi connectivity index (χ0v) is 20.8. The van der Waals surface area contributed by atoms with Crippen molar-refractivity contribution in [2.75, 3.05) is 19.0 Å². The summed E-state index contributed by atoms with van der Waals surface area (Å²) in [6.07, 6.45) is 8.65. The third-order valence-corrected chi connectivity index (χ3v) is 6.83. The molecule has 6 rings (SSSR count). The average Bonchev–Trinajstić information content (AvgIpc) is 3.34. The second-order valence-electron chi connectivity index (χ2n) is 8.71. The summed E-state index contributed by atoms with van der Waals surface area (Å²) in [5.74, 6) is 0.924. The van der Waals surface area contributed by atoms with E-state index in [0.717, 1.165) is 65.0 Å². The van der Waals surface area contributed by atoms with Crippen LogP contribution in [0.2, 0.25) is 0 Å². The second kappa shape index (κ2) is 11.1. The molecule has 1 saturated carbocycles. The van der Waals surface area contributed by atoms with E-state index in [2.05, 4.69) is 33.8 Å². The van der Waals surface area contributed by atoms with E-state index in [1.807, 2.05) is 54.9 Å². The highest BCUT2D eigenvalue weighted by Gasteiger charge is 2.23. The van der Waals surface area contributed by atoms with Crippen molar-refractivity contribution in [3.05, 3.63) is 72.6 Å². The summed E-state index contributed by atoms with van der Waals surface area (Å²) in [6.45, 7) is 4.12. The molecular formula is C28H30N4O2S. The van der Waals surface area contributed by atoms with Crippen LogP contribution in [0, 0.1) is 0 Å². The van der Waals surface area contributed by atoms with Crippen LogP contribution in [0.15, 0.2) is 72.0 Å². The topological polar surface area (TPSA) is 68.5 Å². The highest BCUT2D eigenvalue weighted by molar-refractivity contribution is 7.99. The van der Waals surface area contributed by atoms with E-state index in [-0.39, 0.29) is 5.91 Å². The average molecular weight is 487 g/mol. The molecule has 2 fully saturated rings. The number of thioether (sulfide) groups is 1. The van der Waals surface area contributed by atoms with Gasteiger partial charge in [-0.1, -0.05) is 49.4 Å². The van der Waals surface area contributed by atoms with Gasteiger partial charge in [-0.3, -0.25) is 9.20 Å². The Morgan fingerprint density at radius 1 is 1.06 bits per heavy atom. The number of amides is 1. The summed E-state index contributed by atoms with van der Waals surface area (Å²) in [5, 5.41) is 3.96. The molecule has 3 heterocycles. The van der Waals surface area contributed by atoms with E-state index in [4.69, 9.17) is 9.72 Å². The first-order valence-corrected chi connectivity index (χ1v) is 13.3. The van der Waals surface area contributed by atoms with Crippen molar-refractivity contribution in [3.63, 3.8) is 0 Å². The van der Waals surface area contributed by atoms with Crippen LogP contribution in [0.5, 0.6) is 0 Å². The summed E-state index contributed by atoms with van der Waals surface area (Å²) >= 11 is 1.69. The van der Waals surface area contributed by atoms with Gasteiger partial charge in [-0.25, -0.2) is 9.97 Å². The van der Waals surface area contributed by atoms with Crippen molar-refractivity contribution < 1.29 is 9.53 Å². The Labute approximate surface area is 210 Å². The highest BCUT2D eigenvalue weighted by Crippen LogP contribution is 2.30. The van der Waals surface area contributed by atoms with Gasteiger partial charge in [0.25, 0.3) is 5.91 Å². The van der Waals surface area contributed by atoms with Crippen molar-refractivity contribution in [3.8, 4) is 22.5 Å². The van der Waals surface area contributed by atoms with E-state index >= 15 is 0 Å². The molecule has 0 atom stereocenters. The Kier molecular flexibility index (Phi) is 7.45. The van der Waals surface area contributed by atoms with Crippen LogP contribution in [0.25, 0.3) is 28.2 Å². The van der Waals surface area contributed by atoms with Gasteiger partial charge < -0.3 is 10.1 Å². The molecule has 1 amide bonds. The Hall–Kier alpha value is -3.16. The summed E-state index contributed by atoms with van der Waals surface area (Å²) in [7, 11) is 0. The molecule has 180 valence electrons. The summed E-state index contributed by atoms with van der Waals surface area (Å²) in [5.41, 5.74) is 5.53. The number of nitrogens with zero attached hydrogens (tertiary/aromatic N) is 3. The first kappa shape index (κ1) is 23.6. The minimum absolute atomic E-state index is 0.000567. The normalized spacial score (nSPS) is 15.0. The SMILES string of the molecule is C1CCOC1.CCSc1nc(-c2ccccc2)cn2c(-c3ccc(C(=O)NC4CC4)cc3)cnc12. The van der Waals surface area contributed by atoms with Crippen molar-refractivity contribution in [2.45, 2.75) is 43.7 Å². The number of imidazole rings is 1. The number of nitrogens with one attached hydrogen (secondary N) is 1. The molecule has 1 aliphatic heterocycles. The Bertz CT molecular complexity index is 1270. The fourth-order valence-electron chi connectivity index (χ4n) is 3.95. The zero-order valence-electron chi connectivity index (χ0n) is 19.9. The molecule has 35 heavy (non-hydrogen) atoms. The number of benzene rings is 2. The quantitative estimate of drug-likeness (QED) is 0.346. The predicted molar refractivity (Wildman–Crippen MR) is 141 cm³/mol. The number of hydrogen-bond donors (Lipinski definition) is 1. The van der Waals surface area contributed by atoms with Crippen LogP contribution in [0.1, 0.15) is 43.0 Å². The number of carbonyl (C=O) groups excluding carboxylic acids is 1. The fraction of sp³-hybridized carbons (Fsp3) is 0.321. The lowest BCUT2D eigenvalue weighted by Gasteiger charge is -2.09. The monoisotopic (exact) mass is 486 g/mol. The van der Waals surface area contributed by atoms with Gasteiger partial charge in [0.1, 0.15) is 5.03 Å². The molecule has 2 aliphatic rings. The molecule has 2 aromatic heterocycles. The molecule has 4 aromatic rings. The maximum absolute atomic E-state index is 12.3. The van der Waals surface area contributed by atoms with Gasteiger partial charge in [-0.15, -0.1) is 11.8 Å². The smallest absolute Gasteiger partial charge is 0.251 e. The van der Waals surface area contributed by atoms with Crippen LogP contribution >= 0.6 is 11.8 Å². The largest absolute Gasteiger partial charge is 0.381 e. The first-order valence-electron chi connectivity index (χ1n) is 12.3. The summed E-state index contributed by atoms with van der Waals surface area (Å²) in [6, 6.07) is 18.3. The number of ether oxygens (including phenoxy) is 1. The number of aromatic nitrogens is 3. The van der Waals surface area contributed by atoms with E-state index in [1.165, 1.54) is 12.8 Å². The number of rotatable bonds is 6. The van der Waals surface area contributed by atoms with Crippen LogP contribution in [-0.4, -0.2) is 45.3 Å². The van der Waals surface area contributed by atoms with Crippen LogP contribution in [0.4, 0.5) is 0 Å². The molecule has 1 saturated heterocycles. The third kappa shape index (κ3) is 5.74. The van der Waals surface area contributed by atoms with Crippen molar-refractivity contribution in [1.82, 2.24) is 19.7 Å². The number of hydrogen-bond acceptors (Lipinski definition) is 5. The van der Waals surface area contributed by atoms with E-state index in [0.29, 0.717) is 11.6 Å². The van der Waals surface area contributed by atoms with Gasteiger partial charge in [0, 0.05) is 42.1 Å². The molecule has 0 unspecified atom stereocenters. The van der Waals surface area contributed by atoms with E-state index in [9.17, 15) is 4.79 Å². The van der Waals surface area contributed by atoms with Crippen molar-refractivity contribution in [2.24, 2.45) is 0 Å². The maximum atomic E-state index is 12.3. The van der Waals surface area contributed by atoms with Gasteiger partial charge in [-0.2, -0.15) is 0 Å². The first-order chi connectivity index (χ1) is 17.2. The lowest BCUT2D eigenvalue weighted by molar-refractivity contribution is 0.0951. The predicted octanol–water partition coefficient (Wildman–Crippen LogP) is 5.86. The number of fused-ring (bicyclic) bond motifs is 1. The highest BCUT2D eigenvalue weighted by atomic mass is 32.2. The third-order valence-electron chi connectivity index (χ3n) is 5.99. The van der Waals surface area contributed by atoms with Gasteiger partial charge in [-0.05, 0) is 43.6 Å². The Morgan fingerprint density at radius 3 is 2.43 bits per heavy atom. The molecule has 0 bridgehead atoms. The minimum Gasteiger partial charge on any atom is -0.381 e. The summed E-state index contributed by atoms with van der Waals surface area (Å²) in [4.78, 5) is 21.8. The number of carbonyl (C=O) groups is 1. The van der Waals surface area contributed by atoms with Crippen molar-refractivity contribution >= 4 is 23.3 Å². The Balaban J connectivity index is 0.000000453. The van der Waals surface area contributed by atoms with Crippen molar-refractivity contribution in [1.29, 1.82) is 0 Å². The molecule has 7 heteroatoms. The van der Waals surface area contributed by atoms with Crippen LogP contribution in [-0.2, 0) is 4.74 Å². The van der Waals surface area contributed by atoms with Gasteiger partial charge in [0.2, 0.25) is 0 Å². The van der Waals surface area contributed by atoms with Gasteiger partial charge >= 0.3 is 0 Å². The molecule has 1 N–H and O–H groups in total. The summed E-state index contributed by atoms with van der Waals surface area (Å²) < 4.78 is 7.05. The Morgan fingerprint density at radius 2 is 1.80 bits per heavy atom. The zero-order chi connectivity index (χ0) is 24.0. The molecule has 0 radical (unpaired) electrons.